The lowest BCUT2D eigenvalue weighted by atomic mass is 10.0. The van der Waals surface area contributed by atoms with Crippen molar-refractivity contribution in [1.82, 2.24) is 0 Å². The summed E-state index contributed by atoms with van der Waals surface area (Å²) in [6, 6.07) is 16.1. The van der Waals surface area contributed by atoms with Gasteiger partial charge in [-0.2, -0.15) is 0 Å². The molecule has 0 radical (unpaired) electrons. The fourth-order valence-corrected chi connectivity index (χ4v) is 2.73. The van der Waals surface area contributed by atoms with Crippen LogP contribution in [0.15, 0.2) is 54.6 Å². The number of nitrogens with two attached hydrogens (primary N) is 1. The number of nitrogen functional groups attached to an aromatic ring is 1. The molecule has 0 aromatic heterocycles. The number of hydrogen-bond acceptors (Lipinski definition) is 4. The third-order valence-corrected chi connectivity index (χ3v) is 4.04. The highest BCUT2D eigenvalue weighted by atomic mass is 16.7. The fourth-order valence-electron chi connectivity index (χ4n) is 2.73. The van der Waals surface area contributed by atoms with Gasteiger partial charge in [-0.3, -0.25) is 10.2 Å². The van der Waals surface area contributed by atoms with E-state index in [0.29, 0.717) is 28.3 Å². The maximum absolute atomic E-state index is 12.5. The SMILES string of the molecule is N=C(N)c1ccc2cc(C(=O)Nc3ccc4c(c3)OCO4)ccc2c1. The lowest BCUT2D eigenvalue weighted by Gasteiger charge is -2.08. The standard InChI is InChI=1S/C19H15N3O3/c20-18(21)13-3-1-12-8-14(4-2-11(12)7-13)19(23)22-15-5-6-16-17(9-15)25-10-24-16/h1-9H,10H2,(H3,20,21)(H,22,23). The van der Waals surface area contributed by atoms with E-state index in [1.807, 2.05) is 24.3 Å². The Morgan fingerprint density at radius 3 is 2.36 bits per heavy atom. The largest absolute Gasteiger partial charge is 0.454 e. The van der Waals surface area contributed by atoms with Gasteiger partial charge in [-0.15, -0.1) is 0 Å². The van der Waals surface area contributed by atoms with Crippen molar-refractivity contribution < 1.29 is 14.3 Å². The normalized spacial score (nSPS) is 12.2. The average Bonchev–Trinajstić information content (AvgIpc) is 3.08. The number of hydrogen-bond donors (Lipinski definition) is 3. The summed E-state index contributed by atoms with van der Waals surface area (Å²) in [5.74, 6) is 1.10. The van der Waals surface area contributed by atoms with Crippen molar-refractivity contribution in [3.63, 3.8) is 0 Å². The van der Waals surface area contributed by atoms with Crippen LogP contribution in [-0.2, 0) is 0 Å². The van der Waals surface area contributed by atoms with Gasteiger partial charge in [0.25, 0.3) is 5.91 Å². The number of benzene rings is 3. The van der Waals surface area contributed by atoms with Gasteiger partial charge in [0.05, 0.1) is 0 Å². The van der Waals surface area contributed by atoms with Crippen LogP contribution in [-0.4, -0.2) is 18.5 Å². The van der Waals surface area contributed by atoms with Crippen LogP contribution in [0, 0.1) is 5.41 Å². The van der Waals surface area contributed by atoms with Gasteiger partial charge in [0, 0.05) is 22.9 Å². The summed E-state index contributed by atoms with van der Waals surface area (Å²) in [6.45, 7) is 0.194. The van der Waals surface area contributed by atoms with Gasteiger partial charge in [0.2, 0.25) is 6.79 Å². The summed E-state index contributed by atoms with van der Waals surface area (Å²) in [5.41, 5.74) is 7.35. The van der Waals surface area contributed by atoms with E-state index in [1.165, 1.54) is 0 Å². The number of carbonyl (C=O) groups is 1. The van der Waals surface area contributed by atoms with Gasteiger partial charge in [-0.25, -0.2) is 0 Å². The number of amides is 1. The van der Waals surface area contributed by atoms with Crippen molar-refractivity contribution in [1.29, 1.82) is 5.41 Å². The van der Waals surface area contributed by atoms with Gasteiger partial charge in [0.15, 0.2) is 11.5 Å². The van der Waals surface area contributed by atoms with Crippen molar-refractivity contribution >= 4 is 28.2 Å². The highest BCUT2D eigenvalue weighted by molar-refractivity contribution is 6.07. The Bertz CT molecular complexity index is 1010. The molecule has 3 aromatic rings. The molecule has 0 aliphatic carbocycles. The van der Waals surface area contributed by atoms with Crippen LogP contribution in [0.2, 0.25) is 0 Å². The zero-order valence-corrected chi connectivity index (χ0v) is 13.2. The molecule has 0 fully saturated rings. The van der Waals surface area contributed by atoms with Crippen LogP contribution in [0.25, 0.3) is 10.8 Å². The number of rotatable bonds is 3. The zero-order chi connectivity index (χ0) is 17.4. The Labute approximate surface area is 143 Å². The maximum atomic E-state index is 12.5. The van der Waals surface area contributed by atoms with Crippen LogP contribution in [0.3, 0.4) is 0 Å². The summed E-state index contributed by atoms with van der Waals surface area (Å²) in [7, 11) is 0. The average molecular weight is 333 g/mol. The minimum Gasteiger partial charge on any atom is -0.454 e. The molecule has 6 heteroatoms. The van der Waals surface area contributed by atoms with Crippen LogP contribution < -0.4 is 20.5 Å². The lowest BCUT2D eigenvalue weighted by Crippen LogP contribution is -2.12. The summed E-state index contributed by atoms with van der Waals surface area (Å²) in [4.78, 5) is 12.5. The molecule has 25 heavy (non-hydrogen) atoms. The maximum Gasteiger partial charge on any atom is 0.255 e. The molecule has 124 valence electrons. The second-order valence-electron chi connectivity index (χ2n) is 5.71. The Kier molecular flexibility index (Phi) is 3.50. The Hall–Kier alpha value is -3.54. The molecule has 0 atom stereocenters. The molecule has 6 nitrogen and oxygen atoms in total. The van der Waals surface area contributed by atoms with Crippen LogP contribution >= 0.6 is 0 Å². The van der Waals surface area contributed by atoms with E-state index < -0.39 is 0 Å². The van der Waals surface area contributed by atoms with E-state index in [1.54, 1.807) is 30.3 Å². The van der Waals surface area contributed by atoms with Gasteiger partial charge in [-0.05, 0) is 41.1 Å². The van der Waals surface area contributed by atoms with E-state index in [0.717, 1.165) is 10.8 Å². The number of amidine groups is 1. The van der Waals surface area contributed by atoms with Crippen molar-refractivity contribution in [2.45, 2.75) is 0 Å². The first-order chi connectivity index (χ1) is 12.1. The fraction of sp³-hybridized carbons (Fsp3) is 0.0526. The van der Waals surface area contributed by atoms with E-state index in [-0.39, 0.29) is 18.5 Å². The molecule has 1 aliphatic heterocycles. The van der Waals surface area contributed by atoms with E-state index in [4.69, 9.17) is 20.6 Å². The third kappa shape index (κ3) is 2.85. The van der Waals surface area contributed by atoms with Crippen LogP contribution in [0.4, 0.5) is 5.69 Å². The van der Waals surface area contributed by atoms with Crippen molar-refractivity contribution in [3.8, 4) is 11.5 Å². The highest BCUT2D eigenvalue weighted by Crippen LogP contribution is 2.34. The summed E-state index contributed by atoms with van der Waals surface area (Å²) < 4.78 is 10.6. The zero-order valence-electron chi connectivity index (χ0n) is 13.2. The van der Waals surface area contributed by atoms with Crippen LogP contribution in [0.1, 0.15) is 15.9 Å². The van der Waals surface area contributed by atoms with E-state index >= 15 is 0 Å². The second-order valence-corrected chi connectivity index (χ2v) is 5.71. The first-order valence-corrected chi connectivity index (χ1v) is 7.69. The molecule has 4 rings (SSSR count). The summed E-state index contributed by atoms with van der Waals surface area (Å²) in [5, 5.41) is 12.2. The van der Waals surface area contributed by atoms with Gasteiger partial charge in [0.1, 0.15) is 5.84 Å². The Balaban J connectivity index is 1.59. The minimum absolute atomic E-state index is 0.0199. The number of carbonyl (C=O) groups excluding carboxylic acids is 1. The molecule has 0 spiro atoms. The molecule has 4 N–H and O–H groups in total. The smallest absolute Gasteiger partial charge is 0.255 e. The molecule has 0 saturated heterocycles. The molecule has 1 heterocycles. The number of fused-ring (bicyclic) bond motifs is 2. The number of ether oxygens (including phenoxy) is 2. The quantitative estimate of drug-likeness (QED) is 0.507. The third-order valence-electron chi connectivity index (χ3n) is 4.04. The number of anilines is 1. The summed E-state index contributed by atoms with van der Waals surface area (Å²) >= 11 is 0. The molecule has 3 aromatic carbocycles. The second kappa shape index (κ2) is 5.83. The molecule has 0 bridgehead atoms. The predicted octanol–water partition coefficient (Wildman–Crippen LogP) is 3.10. The van der Waals surface area contributed by atoms with Crippen LogP contribution in [0.5, 0.6) is 11.5 Å². The topological polar surface area (TPSA) is 97.4 Å². The van der Waals surface area contributed by atoms with Gasteiger partial charge >= 0.3 is 0 Å². The molecule has 0 unspecified atom stereocenters. The van der Waals surface area contributed by atoms with Gasteiger partial charge in [-0.1, -0.05) is 18.2 Å². The first-order valence-electron chi connectivity index (χ1n) is 7.69. The Morgan fingerprint density at radius 1 is 0.920 bits per heavy atom. The molecular formula is C19H15N3O3. The molecule has 0 saturated carbocycles. The van der Waals surface area contributed by atoms with E-state index in [2.05, 4.69) is 5.32 Å². The molecule has 1 amide bonds. The minimum atomic E-state index is -0.212. The van der Waals surface area contributed by atoms with E-state index in [9.17, 15) is 4.79 Å². The monoisotopic (exact) mass is 333 g/mol. The highest BCUT2D eigenvalue weighted by Gasteiger charge is 2.15. The van der Waals surface area contributed by atoms with Crippen molar-refractivity contribution in [3.05, 3.63) is 65.7 Å². The van der Waals surface area contributed by atoms with Gasteiger partial charge < -0.3 is 20.5 Å². The number of nitrogens with one attached hydrogen (secondary N) is 2. The molecular weight excluding hydrogens is 318 g/mol. The first kappa shape index (κ1) is 15.0. The molecule has 1 aliphatic rings. The van der Waals surface area contributed by atoms with Crippen molar-refractivity contribution in [2.75, 3.05) is 12.1 Å². The lowest BCUT2D eigenvalue weighted by molar-refractivity contribution is 0.102. The summed E-state index contributed by atoms with van der Waals surface area (Å²) in [6.07, 6.45) is 0. The van der Waals surface area contributed by atoms with Crippen molar-refractivity contribution in [2.24, 2.45) is 5.73 Å². The predicted molar refractivity (Wildman–Crippen MR) is 95.5 cm³/mol. The Morgan fingerprint density at radius 2 is 1.60 bits per heavy atom.